The summed E-state index contributed by atoms with van der Waals surface area (Å²) < 4.78 is 11.5. The molecule has 0 saturated carbocycles. The number of hydrogen-bond donors (Lipinski definition) is 0. The Bertz CT molecular complexity index is 1960. The maximum atomic E-state index is 5.74. The van der Waals surface area contributed by atoms with Gasteiger partial charge in [0.25, 0.3) is 0 Å². The molecular weight excluding hydrogens is 504 g/mol. The molecule has 0 saturated heterocycles. The average molecular weight is 533 g/mol. The predicted molar refractivity (Wildman–Crippen MR) is 166 cm³/mol. The zero-order chi connectivity index (χ0) is 27.5. The van der Waals surface area contributed by atoms with Crippen molar-refractivity contribution in [3.63, 3.8) is 0 Å². The summed E-state index contributed by atoms with van der Waals surface area (Å²) in [7, 11) is 3.34. The predicted octanol–water partition coefficient (Wildman–Crippen LogP) is 8.74. The van der Waals surface area contributed by atoms with Crippen molar-refractivity contribution >= 4 is 33.0 Å². The van der Waals surface area contributed by atoms with Crippen molar-refractivity contribution in [3.8, 4) is 34.0 Å². The summed E-state index contributed by atoms with van der Waals surface area (Å²) in [5, 5.41) is 2.60. The fraction of sp³-hybridized carbons (Fsp3) is 0.135. The minimum Gasteiger partial charge on any atom is -0.494 e. The standard InChI is InChI=1S/C37H28N2O2/c1-40-30-20-21-31(41-2)37-36(30)38-34-27-15-7-5-13-25(27)33(26-14-6-8-16-28(26)35(34)39-37)29-17-9-11-23-19-18-22-10-3-4-12-24(22)32(23)29/h3-8,10,12-16,18-21H,9,11,17H2,1-2H3. The van der Waals surface area contributed by atoms with Crippen LogP contribution in [0.2, 0.25) is 0 Å². The first-order valence-electron chi connectivity index (χ1n) is 14.1. The molecule has 6 aromatic rings. The number of allylic oxidation sites excluding steroid dienone is 1. The Hall–Kier alpha value is -4.96. The van der Waals surface area contributed by atoms with Gasteiger partial charge in [-0.1, -0.05) is 84.9 Å². The number of benzene rings is 5. The van der Waals surface area contributed by atoms with Gasteiger partial charge in [0, 0.05) is 11.1 Å². The van der Waals surface area contributed by atoms with E-state index < -0.39 is 0 Å². The molecule has 0 amide bonds. The zero-order valence-corrected chi connectivity index (χ0v) is 23.1. The molecule has 5 aromatic carbocycles. The SMILES string of the molecule is COc1ccc(OC)c2nc3c(nc12)-c1ccccc1C(=C1CCCc2ccc4ccccc4c21)c1ccccc1-3. The molecule has 41 heavy (non-hydrogen) atoms. The van der Waals surface area contributed by atoms with E-state index in [1.807, 2.05) is 12.1 Å². The Labute approximate surface area is 238 Å². The van der Waals surface area contributed by atoms with Crippen molar-refractivity contribution in [1.29, 1.82) is 0 Å². The van der Waals surface area contributed by atoms with Crippen molar-refractivity contribution in [3.05, 3.63) is 119 Å². The number of fused-ring (bicyclic) bond motifs is 9. The van der Waals surface area contributed by atoms with E-state index in [9.17, 15) is 0 Å². The van der Waals surface area contributed by atoms with E-state index >= 15 is 0 Å². The van der Waals surface area contributed by atoms with E-state index in [-0.39, 0.29) is 0 Å². The van der Waals surface area contributed by atoms with Gasteiger partial charge in [0.15, 0.2) is 0 Å². The van der Waals surface area contributed by atoms with Crippen molar-refractivity contribution in [2.24, 2.45) is 0 Å². The van der Waals surface area contributed by atoms with Crippen LogP contribution in [0.15, 0.2) is 97.1 Å². The number of aryl methyl sites for hydroxylation is 1. The smallest absolute Gasteiger partial charge is 0.147 e. The third-order valence-corrected chi connectivity index (χ3v) is 8.58. The largest absolute Gasteiger partial charge is 0.494 e. The minimum atomic E-state index is 0.678. The van der Waals surface area contributed by atoms with Crippen LogP contribution in [0, 0.1) is 0 Å². The Morgan fingerprint density at radius 2 is 1.12 bits per heavy atom. The third kappa shape index (κ3) is 3.53. The molecule has 0 radical (unpaired) electrons. The van der Waals surface area contributed by atoms with Crippen LogP contribution in [0.4, 0.5) is 0 Å². The van der Waals surface area contributed by atoms with Crippen molar-refractivity contribution in [1.82, 2.24) is 9.97 Å². The van der Waals surface area contributed by atoms with Crippen LogP contribution in [0.1, 0.15) is 35.1 Å². The van der Waals surface area contributed by atoms with Crippen LogP contribution in [-0.2, 0) is 6.42 Å². The maximum Gasteiger partial charge on any atom is 0.147 e. The molecule has 198 valence electrons. The molecule has 8 rings (SSSR count). The molecule has 2 aliphatic carbocycles. The van der Waals surface area contributed by atoms with E-state index in [1.54, 1.807) is 14.2 Å². The minimum absolute atomic E-state index is 0.678. The Kier molecular flexibility index (Phi) is 5.42. The zero-order valence-electron chi connectivity index (χ0n) is 23.1. The molecule has 0 bridgehead atoms. The van der Waals surface area contributed by atoms with E-state index in [0.29, 0.717) is 22.5 Å². The van der Waals surface area contributed by atoms with Gasteiger partial charge in [0.1, 0.15) is 22.5 Å². The van der Waals surface area contributed by atoms with Crippen LogP contribution in [-0.4, -0.2) is 24.2 Å². The normalized spacial score (nSPS) is 13.7. The van der Waals surface area contributed by atoms with Crippen molar-refractivity contribution < 1.29 is 9.47 Å². The Morgan fingerprint density at radius 3 is 1.73 bits per heavy atom. The highest BCUT2D eigenvalue weighted by molar-refractivity contribution is 6.12. The first kappa shape index (κ1) is 23.9. The molecule has 4 heteroatoms. The second-order valence-electron chi connectivity index (χ2n) is 10.7. The monoisotopic (exact) mass is 532 g/mol. The van der Waals surface area contributed by atoms with Gasteiger partial charge >= 0.3 is 0 Å². The van der Waals surface area contributed by atoms with E-state index in [4.69, 9.17) is 19.4 Å². The molecule has 1 aromatic heterocycles. The molecule has 4 nitrogen and oxygen atoms in total. The average Bonchev–Trinajstić information content (AvgIpc) is 3.15. The second kappa shape index (κ2) is 9.31. The van der Waals surface area contributed by atoms with Crippen molar-refractivity contribution in [2.75, 3.05) is 14.2 Å². The van der Waals surface area contributed by atoms with Crippen molar-refractivity contribution in [2.45, 2.75) is 19.3 Å². The Balaban J connectivity index is 1.54. The molecule has 0 aliphatic heterocycles. The lowest BCUT2D eigenvalue weighted by Gasteiger charge is -2.26. The lowest BCUT2D eigenvalue weighted by atomic mass is 9.78. The third-order valence-electron chi connectivity index (χ3n) is 8.58. The summed E-state index contributed by atoms with van der Waals surface area (Å²) in [6.45, 7) is 0. The van der Waals surface area contributed by atoms with Crippen LogP contribution in [0.3, 0.4) is 0 Å². The second-order valence-corrected chi connectivity index (χ2v) is 10.7. The maximum absolute atomic E-state index is 5.74. The van der Waals surface area contributed by atoms with E-state index in [0.717, 1.165) is 41.8 Å². The molecule has 0 N–H and O–H groups in total. The van der Waals surface area contributed by atoms with Gasteiger partial charge in [-0.15, -0.1) is 0 Å². The first-order chi connectivity index (χ1) is 20.3. The van der Waals surface area contributed by atoms with Crippen LogP contribution in [0.5, 0.6) is 11.5 Å². The number of nitrogens with zero attached hydrogens (tertiary/aromatic N) is 2. The highest BCUT2D eigenvalue weighted by Gasteiger charge is 2.30. The summed E-state index contributed by atoms with van der Waals surface area (Å²) in [6, 6.07) is 34.5. The molecule has 1 heterocycles. The number of aromatic nitrogens is 2. The summed E-state index contributed by atoms with van der Waals surface area (Å²) in [5.74, 6) is 1.36. The fourth-order valence-corrected chi connectivity index (χ4v) is 6.79. The van der Waals surface area contributed by atoms with Crippen LogP contribution < -0.4 is 9.47 Å². The van der Waals surface area contributed by atoms with Gasteiger partial charge < -0.3 is 9.47 Å². The molecule has 2 aliphatic rings. The Morgan fingerprint density at radius 1 is 0.561 bits per heavy atom. The highest BCUT2D eigenvalue weighted by atomic mass is 16.5. The molecular formula is C37H28N2O2. The quantitative estimate of drug-likeness (QED) is 0.223. The van der Waals surface area contributed by atoms with Gasteiger partial charge in [-0.3, -0.25) is 0 Å². The van der Waals surface area contributed by atoms with Gasteiger partial charge in [-0.05, 0) is 75.6 Å². The van der Waals surface area contributed by atoms with Gasteiger partial charge in [0.05, 0.1) is 25.6 Å². The van der Waals surface area contributed by atoms with Gasteiger partial charge in [-0.25, -0.2) is 9.97 Å². The van der Waals surface area contributed by atoms with E-state index in [2.05, 4.69) is 84.9 Å². The summed E-state index contributed by atoms with van der Waals surface area (Å²) >= 11 is 0. The number of rotatable bonds is 2. The lowest BCUT2D eigenvalue weighted by molar-refractivity contribution is 0.409. The summed E-state index contributed by atoms with van der Waals surface area (Å²) in [6.07, 6.45) is 3.23. The molecule has 0 spiro atoms. The van der Waals surface area contributed by atoms with Gasteiger partial charge in [0.2, 0.25) is 0 Å². The molecule has 0 fully saturated rings. The van der Waals surface area contributed by atoms with Crippen LogP contribution in [0.25, 0.3) is 55.5 Å². The van der Waals surface area contributed by atoms with E-state index in [1.165, 1.54) is 44.2 Å². The van der Waals surface area contributed by atoms with Gasteiger partial charge in [-0.2, -0.15) is 0 Å². The highest BCUT2D eigenvalue weighted by Crippen LogP contribution is 2.50. The fourth-order valence-electron chi connectivity index (χ4n) is 6.79. The topological polar surface area (TPSA) is 44.2 Å². The molecule has 0 unspecified atom stereocenters. The summed E-state index contributed by atoms with van der Waals surface area (Å²) in [5.41, 5.74) is 13.1. The first-order valence-corrected chi connectivity index (χ1v) is 14.1. The number of hydrogen-bond acceptors (Lipinski definition) is 4. The number of ether oxygens (including phenoxy) is 2. The number of methoxy groups -OCH3 is 2. The molecule has 0 atom stereocenters. The lowest BCUT2D eigenvalue weighted by Crippen LogP contribution is -2.06. The van der Waals surface area contributed by atoms with Crippen LogP contribution >= 0.6 is 0 Å². The summed E-state index contributed by atoms with van der Waals surface area (Å²) in [4.78, 5) is 10.6.